The van der Waals surface area contributed by atoms with Crippen LogP contribution in [0.1, 0.15) is 6.92 Å². The smallest absolute Gasteiger partial charge is 0.171 e. The van der Waals surface area contributed by atoms with E-state index < -0.39 is 0 Å². The molecule has 0 aromatic rings. The van der Waals surface area contributed by atoms with Gasteiger partial charge in [-0.15, -0.1) is 0 Å². The third-order valence-electron chi connectivity index (χ3n) is 0.951. The topological polar surface area (TPSA) is 9.23 Å². The highest BCUT2D eigenvalue weighted by atomic mass is 33.1. The van der Waals surface area contributed by atoms with E-state index in [1.807, 2.05) is 29.0 Å². The maximum atomic E-state index is 5.25. The molecule has 0 aromatic carbocycles. The van der Waals surface area contributed by atoms with Gasteiger partial charge < -0.3 is 4.74 Å². The third-order valence-corrected chi connectivity index (χ3v) is 3.47. The molecule has 1 nitrogen and oxygen atoms in total. The van der Waals surface area contributed by atoms with Crippen molar-refractivity contribution in [2.45, 2.75) is 12.4 Å². The van der Waals surface area contributed by atoms with E-state index in [0.29, 0.717) is 0 Å². The number of hydrogen-bond acceptors (Lipinski definition) is 3. The van der Waals surface area contributed by atoms with Crippen LogP contribution < -0.4 is 0 Å². The van der Waals surface area contributed by atoms with Gasteiger partial charge in [0, 0.05) is 5.75 Å². The van der Waals surface area contributed by atoms with Crippen LogP contribution in [0.15, 0.2) is 24.5 Å². The summed E-state index contributed by atoms with van der Waals surface area (Å²) in [5.74, 6) is 1.13. The fraction of sp³-hybridized carbons (Fsp3) is 0.429. The lowest BCUT2D eigenvalue weighted by molar-refractivity contribution is 0.258. The van der Waals surface area contributed by atoms with E-state index in [1.165, 1.54) is 0 Å². The molecule has 0 saturated heterocycles. The van der Waals surface area contributed by atoms with Gasteiger partial charge in [-0.05, 0) is 22.9 Å². The van der Waals surface area contributed by atoms with Crippen LogP contribution in [0.5, 0.6) is 0 Å². The second-order valence-corrected chi connectivity index (χ2v) is 4.48. The average Bonchev–Trinajstić information content (AvgIpc) is 2.03. The summed E-state index contributed by atoms with van der Waals surface area (Å²) in [6.45, 7) is 2.14. The van der Waals surface area contributed by atoms with E-state index in [4.69, 9.17) is 4.74 Å². The minimum absolute atomic E-state index is 0.218. The maximum absolute atomic E-state index is 5.25. The molecule has 0 radical (unpaired) electrons. The van der Waals surface area contributed by atoms with Crippen LogP contribution >= 0.6 is 21.6 Å². The van der Waals surface area contributed by atoms with Crippen molar-refractivity contribution in [3.8, 4) is 0 Å². The minimum Gasteiger partial charge on any atom is -0.482 e. The van der Waals surface area contributed by atoms with Gasteiger partial charge in [-0.25, -0.2) is 0 Å². The molecule has 0 N–H and O–H groups in total. The summed E-state index contributed by atoms with van der Waals surface area (Å²) in [5.41, 5.74) is 0.218. The van der Waals surface area contributed by atoms with Crippen molar-refractivity contribution >= 4 is 21.6 Å². The third kappa shape index (κ3) is 2.71. The summed E-state index contributed by atoms with van der Waals surface area (Å²) in [4.78, 5) is 0. The molecule has 0 amide bonds. The van der Waals surface area contributed by atoms with Crippen molar-refractivity contribution < 1.29 is 4.74 Å². The van der Waals surface area contributed by atoms with Gasteiger partial charge in [0.2, 0.25) is 0 Å². The van der Waals surface area contributed by atoms with Gasteiger partial charge in [-0.1, -0.05) is 23.8 Å². The summed E-state index contributed by atoms with van der Waals surface area (Å²) in [7, 11) is 3.57. The molecule has 0 saturated carbocycles. The largest absolute Gasteiger partial charge is 0.482 e. The Morgan fingerprint density at radius 1 is 1.50 bits per heavy atom. The molecule has 1 rings (SSSR count). The first-order valence-electron chi connectivity index (χ1n) is 3.20. The van der Waals surface area contributed by atoms with Crippen LogP contribution in [0, 0.1) is 0 Å². The monoisotopic (exact) mass is 174 g/mol. The Hall–Kier alpha value is -0.0200. The van der Waals surface area contributed by atoms with Crippen LogP contribution in [0.4, 0.5) is 0 Å². The minimum atomic E-state index is 0.218. The number of allylic oxidation sites excluding steroid dienone is 2. The van der Waals surface area contributed by atoms with Crippen LogP contribution in [-0.2, 0) is 4.74 Å². The van der Waals surface area contributed by atoms with Gasteiger partial charge >= 0.3 is 0 Å². The second kappa shape index (κ2) is 4.74. The fourth-order valence-corrected chi connectivity index (χ4v) is 2.23. The Bertz CT molecular complexity index is 143. The summed E-state index contributed by atoms with van der Waals surface area (Å²) >= 11 is 0. The first kappa shape index (κ1) is 8.08. The van der Waals surface area contributed by atoms with Gasteiger partial charge in [0.1, 0.15) is 0 Å². The molecule has 3 heteroatoms. The molecular formula is C7H10OS2. The molecule has 10 heavy (non-hydrogen) atoms. The van der Waals surface area contributed by atoms with Crippen LogP contribution in [-0.4, -0.2) is 11.2 Å². The van der Waals surface area contributed by atoms with E-state index in [9.17, 15) is 0 Å². The maximum Gasteiger partial charge on any atom is 0.171 e. The predicted molar refractivity (Wildman–Crippen MR) is 48.9 cm³/mol. The molecule has 0 spiro atoms. The molecule has 1 aliphatic heterocycles. The van der Waals surface area contributed by atoms with E-state index in [2.05, 4.69) is 6.92 Å². The zero-order chi connectivity index (χ0) is 7.23. The molecule has 0 aliphatic carbocycles. The average molecular weight is 174 g/mol. The Kier molecular flexibility index (Phi) is 3.83. The lowest BCUT2D eigenvalue weighted by Gasteiger charge is -2.12. The van der Waals surface area contributed by atoms with Gasteiger partial charge in [-0.3, -0.25) is 0 Å². The van der Waals surface area contributed by atoms with E-state index >= 15 is 0 Å². The van der Waals surface area contributed by atoms with Crippen LogP contribution in [0.25, 0.3) is 0 Å². The summed E-state index contributed by atoms with van der Waals surface area (Å²) in [6.07, 6.45) is 7.69. The first-order chi connectivity index (χ1) is 4.93. The first-order valence-corrected chi connectivity index (χ1v) is 5.58. The van der Waals surface area contributed by atoms with Gasteiger partial charge in [0.25, 0.3) is 0 Å². The summed E-state index contributed by atoms with van der Waals surface area (Å²) in [6, 6.07) is 0. The number of hydrogen-bond donors (Lipinski definition) is 0. The molecule has 1 heterocycles. The molecule has 1 unspecified atom stereocenters. The molecule has 1 atom stereocenters. The molecular weight excluding hydrogens is 164 g/mol. The predicted octanol–water partition coefficient (Wildman–Crippen LogP) is 2.81. The zero-order valence-electron chi connectivity index (χ0n) is 5.82. The summed E-state index contributed by atoms with van der Waals surface area (Å²) in [5, 5.41) is 0. The van der Waals surface area contributed by atoms with Crippen molar-refractivity contribution in [3.63, 3.8) is 0 Å². The molecule has 0 fully saturated rings. The van der Waals surface area contributed by atoms with Crippen LogP contribution in [0.3, 0.4) is 0 Å². The lowest BCUT2D eigenvalue weighted by Crippen LogP contribution is -2.00. The molecule has 0 bridgehead atoms. The van der Waals surface area contributed by atoms with E-state index in [0.717, 1.165) is 5.75 Å². The van der Waals surface area contributed by atoms with Gasteiger partial charge in [0.05, 0.1) is 6.26 Å². The van der Waals surface area contributed by atoms with Crippen molar-refractivity contribution in [3.05, 3.63) is 24.5 Å². The highest BCUT2D eigenvalue weighted by Crippen LogP contribution is 2.29. The quantitative estimate of drug-likeness (QED) is 0.609. The van der Waals surface area contributed by atoms with Crippen LogP contribution in [0.2, 0.25) is 0 Å². The normalized spacial score (nSPS) is 22.7. The Labute approximate surface area is 69.3 Å². The van der Waals surface area contributed by atoms with Gasteiger partial charge in [0.15, 0.2) is 5.44 Å². The second-order valence-electron chi connectivity index (χ2n) is 1.72. The highest BCUT2D eigenvalue weighted by Gasteiger charge is 2.04. The number of ether oxygens (including phenoxy) is 1. The van der Waals surface area contributed by atoms with E-state index in [-0.39, 0.29) is 5.44 Å². The fourth-order valence-electron chi connectivity index (χ4n) is 0.558. The molecule has 0 aromatic heterocycles. The summed E-state index contributed by atoms with van der Waals surface area (Å²) < 4.78 is 5.25. The van der Waals surface area contributed by atoms with Gasteiger partial charge in [-0.2, -0.15) is 0 Å². The van der Waals surface area contributed by atoms with Crippen molar-refractivity contribution in [2.75, 3.05) is 5.75 Å². The lowest BCUT2D eigenvalue weighted by atomic mass is 10.4. The molecule has 1 aliphatic rings. The van der Waals surface area contributed by atoms with Crippen molar-refractivity contribution in [2.24, 2.45) is 0 Å². The van der Waals surface area contributed by atoms with Crippen molar-refractivity contribution in [1.82, 2.24) is 0 Å². The standard InChI is InChI=1S/C7H10OS2/c1-2-9-10-7-5-3-4-6-8-7/h3-7H,2H2,1H3. The number of rotatable bonds is 3. The molecule has 56 valence electrons. The Balaban J connectivity index is 2.17. The SMILES string of the molecule is CCSSC1C=CC=CO1. The van der Waals surface area contributed by atoms with Crippen molar-refractivity contribution in [1.29, 1.82) is 0 Å². The highest BCUT2D eigenvalue weighted by molar-refractivity contribution is 8.76. The Morgan fingerprint density at radius 2 is 2.40 bits per heavy atom. The Morgan fingerprint density at radius 3 is 3.00 bits per heavy atom. The van der Waals surface area contributed by atoms with E-state index in [1.54, 1.807) is 17.1 Å². The zero-order valence-corrected chi connectivity index (χ0v) is 7.45.